The van der Waals surface area contributed by atoms with Gasteiger partial charge >= 0.3 is 12.3 Å². The molecule has 1 aliphatic rings. The molecule has 0 bridgehead atoms. The molecule has 1 atom stereocenters. The van der Waals surface area contributed by atoms with Crippen LogP contribution >= 0.6 is 0 Å². The molecular weight excluding hydrogens is 613 g/mol. The van der Waals surface area contributed by atoms with E-state index in [2.05, 4.69) is 24.7 Å². The molecule has 1 aliphatic heterocycles. The highest BCUT2D eigenvalue weighted by Gasteiger charge is 2.36. The van der Waals surface area contributed by atoms with Crippen LogP contribution in [0, 0.1) is 18.0 Å². The normalized spacial score (nSPS) is 15.9. The number of hydrazine groups is 1. The summed E-state index contributed by atoms with van der Waals surface area (Å²) in [5.74, 6) is -1.77. The maximum Gasteiger partial charge on any atom is 0.510 e. The van der Waals surface area contributed by atoms with E-state index < -0.39 is 46.7 Å². The van der Waals surface area contributed by atoms with Gasteiger partial charge in [0.25, 0.3) is 16.8 Å². The van der Waals surface area contributed by atoms with Gasteiger partial charge in [-0.25, -0.2) is 22.6 Å². The Balaban J connectivity index is 1.46. The summed E-state index contributed by atoms with van der Waals surface area (Å²) in [6.45, 7) is 1.15. The van der Waals surface area contributed by atoms with Crippen LogP contribution in [0.2, 0.25) is 0 Å². The number of nitrogens with zero attached hydrogens (tertiary/aromatic N) is 5. The molecule has 0 saturated carbocycles. The number of ether oxygens (including phenoxy) is 2. The SMILES string of the molecule is COC(=O)OCON=[N+]([O-])N1CCCC(C(=O)NS(=O)(=O)c2ccc(-n3nc(C(F)(F)F)cc3-c3ccc(C)cc3)cc2)C1. The van der Waals surface area contributed by atoms with E-state index in [9.17, 15) is 36.4 Å². The number of carbonyl (C=O) groups is 2. The Hall–Kier alpha value is -4.87. The minimum Gasteiger partial charge on any atom is -0.569 e. The van der Waals surface area contributed by atoms with Crippen LogP contribution in [0.3, 0.4) is 0 Å². The fourth-order valence-corrected chi connectivity index (χ4v) is 5.32. The number of rotatable bonds is 9. The number of sulfonamides is 1. The highest BCUT2D eigenvalue weighted by molar-refractivity contribution is 7.90. The van der Waals surface area contributed by atoms with Gasteiger partial charge in [-0.05, 0) is 50.1 Å². The molecule has 2 aromatic carbocycles. The number of halogens is 3. The predicted molar refractivity (Wildman–Crippen MR) is 144 cm³/mol. The second kappa shape index (κ2) is 13.2. The zero-order valence-corrected chi connectivity index (χ0v) is 24.2. The monoisotopic (exact) mass is 640 g/mol. The summed E-state index contributed by atoms with van der Waals surface area (Å²) >= 11 is 0. The molecule has 44 heavy (non-hydrogen) atoms. The molecule has 1 saturated heterocycles. The lowest BCUT2D eigenvalue weighted by atomic mass is 9.99. The maximum atomic E-state index is 13.5. The van der Waals surface area contributed by atoms with Crippen molar-refractivity contribution in [3.8, 4) is 16.9 Å². The average molecular weight is 641 g/mol. The van der Waals surface area contributed by atoms with Gasteiger partial charge in [0, 0.05) is 5.56 Å². The summed E-state index contributed by atoms with van der Waals surface area (Å²) < 4.78 is 78.1. The number of piperidine rings is 1. The smallest absolute Gasteiger partial charge is 0.510 e. The van der Waals surface area contributed by atoms with Crippen molar-refractivity contribution in [1.82, 2.24) is 19.5 Å². The first-order chi connectivity index (χ1) is 20.8. The number of amides is 1. The second-order valence-electron chi connectivity index (χ2n) is 9.59. The Labute approximate surface area is 249 Å². The Morgan fingerprint density at radius 3 is 2.48 bits per heavy atom. The van der Waals surface area contributed by atoms with Gasteiger partial charge in [0.2, 0.25) is 11.2 Å². The summed E-state index contributed by atoms with van der Waals surface area (Å²) in [5.41, 5.74) is 0.551. The summed E-state index contributed by atoms with van der Waals surface area (Å²) in [6, 6.07) is 12.5. The van der Waals surface area contributed by atoms with Gasteiger partial charge in [-0.2, -0.15) is 18.3 Å². The van der Waals surface area contributed by atoms with E-state index in [1.54, 1.807) is 24.3 Å². The highest BCUT2D eigenvalue weighted by atomic mass is 32.2. The number of aryl methyl sites for hydroxylation is 1. The molecule has 1 unspecified atom stereocenters. The summed E-state index contributed by atoms with van der Waals surface area (Å²) in [7, 11) is -3.31. The van der Waals surface area contributed by atoms with Crippen LogP contribution in [0.25, 0.3) is 16.9 Å². The third kappa shape index (κ3) is 7.74. The van der Waals surface area contributed by atoms with E-state index >= 15 is 0 Å². The van der Waals surface area contributed by atoms with E-state index in [4.69, 9.17) is 0 Å². The molecule has 0 spiro atoms. The van der Waals surface area contributed by atoms with Gasteiger partial charge in [-0.15, -0.1) is 5.01 Å². The first kappa shape index (κ1) is 32.1. The molecule has 3 aromatic rings. The van der Waals surface area contributed by atoms with Gasteiger partial charge in [0.15, 0.2) is 5.69 Å². The topological polar surface area (TPSA) is 167 Å². The van der Waals surface area contributed by atoms with Gasteiger partial charge in [-0.1, -0.05) is 29.8 Å². The first-order valence-electron chi connectivity index (χ1n) is 13.0. The molecule has 1 amide bonds. The van der Waals surface area contributed by atoms with Crippen molar-refractivity contribution in [2.75, 3.05) is 27.0 Å². The molecule has 14 nitrogen and oxygen atoms in total. The molecular formula is C26H27F3N6O8S. The van der Waals surface area contributed by atoms with E-state index in [1.165, 1.54) is 12.1 Å². The van der Waals surface area contributed by atoms with Gasteiger partial charge < -0.3 is 19.5 Å². The van der Waals surface area contributed by atoms with Crippen LogP contribution in [0.5, 0.6) is 0 Å². The number of nitrogens with one attached hydrogen (secondary N) is 1. The van der Waals surface area contributed by atoms with Crippen molar-refractivity contribution in [1.29, 1.82) is 0 Å². The van der Waals surface area contributed by atoms with Crippen LogP contribution in [0.1, 0.15) is 24.1 Å². The molecule has 0 radical (unpaired) electrons. The minimum atomic E-state index is -4.71. The Bertz CT molecular complexity index is 1630. The van der Waals surface area contributed by atoms with Crippen LogP contribution in [-0.4, -0.2) is 67.2 Å². The lowest BCUT2D eigenvalue weighted by Crippen LogP contribution is -2.46. The molecule has 1 N–H and O–H groups in total. The van der Waals surface area contributed by atoms with Crippen molar-refractivity contribution in [3.63, 3.8) is 0 Å². The summed E-state index contributed by atoms with van der Waals surface area (Å²) in [6.07, 6.45) is -5.13. The van der Waals surface area contributed by atoms with Crippen molar-refractivity contribution in [2.24, 2.45) is 11.2 Å². The zero-order valence-electron chi connectivity index (χ0n) is 23.4. The zero-order chi connectivity index (χ0) is 32.1. The standard InChI is InChI=1S/C26H27F3N6O8S/c1-17-5-7-18(8-6-17)22-14-23(26(27,28)29)30-34(22)20-9-11-21(12-10-20)44(39,40)31-24(36)19-4-3-13-33(15-19)35(38)32-43-16-42-25(37)41-2/h5-12,14,19H,3-4,13,15-16H2,1-2H3,(H,31,36). The van der Waals surface area contributed by atoms with Crippen molar-refractivity contribution < 1.29 is 50.5 Å². The Morgan fingerprint density at radius 2 is 1.84 bits per heavy atom. The second-order valence-corrected chi connectivity index (χ2v) is 11.3. The van der Waals surface area contributed by atoms with Crippen molar-refractivity contribution in [2.45, 2.75) is 30.8 Å². The molecule has 1 fully saturated rings. The molecule has 18 heteroatoms. The highest BCUT2D eigenvalue weighted by Crippen LogP contribution is 2.33. The number of methoxy groups -OCH3 is 1. The quantitative estimate of drug-likeness (QED) is 0.0904. The molecule has 2 heterocycles. The number of aromatic nitrogens is 2. The number of carbonyl (C=O) groups excluding carboxylic acids is 2. The largest absolute Gasteiger partial charge is 0.569 e. The van der Waals surface area contributed by atoms with E-state index in [0.717, 1.165) is 40.6 Å². The summed E-state index contributed by atoms with van der Waals surface area (Å²) in [4.78, 5) is 28.0. The van der Waals surface area contributed by atoms with Crippen LogP contribution in [0.15, 0.2) is 64.8 Å². The molecule has 1 aromatic heterocycles. The van der Waals surface area contributed by atoms with Gasteiger partial charge in [-0.3, -0.25) is 4.79 Å². The fourth-order valence-electron chi connectivity index (χ4n) is 4.27. The van der Waals surface area contributed by atoms with Crippen LogP contribution in [-0.2, 0) is 35.3 Å². The number of hydrogen-bond acceptors (Lipinski definition) is 10. The summed E-state index contributed by atoms with van der Waals surface area (Å²) in [5, 5.41) is 20.2. The molecule has 236 valence electrons. The lowest BCUT2D eigenvalue weighted by molar-refractivity contribution is -0.714. The lowest BCUT2D eigenvalue weighted by Gasteiger charge is -2.27. The molecule has 0 aliphatic carbocycles. The third-order valence-corrected chi connectivity index (χ3v) is 7.87. The minimum absolute atomic E-state index is 0.0532. The number of benzene rings is 2. The van der Waals surface area contributed by atoms with Crippen molar-refractivity contribution >= 4 is 22.1 Å². The number of hydrogen-bond donors (Lipinski definition) is 1. The average Bonchev–Trinajstić information content (AvgIpc) is 3.46. The Kier molecular flexibility index (Phi) is 9.61. The van der Waals surface area contributed by atoms with Crippen LogP contribution in [0.4, 0.5) is 18.0 Å². The Morgan fingerprint density at radius 1 is 1.16 bits per heavy atom. The van der Waals surface area contributed by atoms with Gasteiger partial charge in [0.05, 0.1) is 47.4 Å². The van der Waals surface area contributed by atoms with Crippen molar-refractivity contribution in [3.05, 3.63) is 71.1 Å². The fraction of sp³-hybridized carbons (Fsp3) is 0.346. The first-order valence-corrected chi connectivity index (χ1v) is 14.4. The van der Waals surface area contributed by atoms with E-state index in [-0.39, 0.29) is 40.8 Å². The maximum absolute atomic E-state index is 13.5. The van der Waals surface area contributed by atoms with E-state index in [0.29, 0.717) is 12.0 Å². The predicted octanol–water partition coefficient (Wildman–Crippen LogP) is 3.93. The van der Waals surface area contributed by atoms with E-state index in [1.807, 2.05) is 11.6 Å². The van der Waals surface area contributed by atoms with Gasteiger partial charge in [0.1, 0.15) is 0 Å². The number of alkyl halides is 3. The third-order valence-electron chi connectivity index (χ3n) is 6.51. The van der Waals surface area contributed by atoms with Crippen LogP contribution < -0.4 is 4.72 Å². The molecule has 4 rings (SSSR count).